The molecule has 0 saturated carbocycles. The van der Waals surface area contributed by atoms with Gasteiger partial charge in [0.25, 0.3) is 11.8 Å². The lowest BCUT2D eigenvalue weighted by atomic mass is 9.97. The largest absolute Gasteiger partial charge is 0.491 e. The van der Waals surface area contributed by atoms with Gasteiger partial charge in [0.2, 0.25) is 0 Å². The summed E-state index contributed by atoms with van der Waals surface area (Å²) < 4.78 is 5.67. The topological polar surface area (TPSA) is 58.6 Å². The van der Waals surface area contributed by atoms with E-state index in [9.17, 15) is 9.59 Å². The molecule has 0 aromatic heterocycles. The summed E-state index contributed by atoms with van der Waals surface area (Å²) in [5.74, 6) is 0.188. The first-order valence-corrected chi connectivity index (χ1v) is 9.92. The Morgan fingerprint density at radius 3 is 2.10 bits per heavy atom. The number of anilines is 1. The molecule has 5 nitrogen and oxygen atoms in total. The molecular weight excluding hydrogens is 364 g/mol. The summed E-state index contributed by atoms with van der Waals surface area (Å²) in [4.78, 5) is 27.6. The molecule has 3 rings (SSSR count). The van der Waals surface area contributed by atoms with Crippen molar-refractivity contribution in [1.29, 1.82) is 0 Å². The molecule has 2 aromatic carbocycles. The molecule has 2 aromatic rings. The third-order valence-electron chi connectivity index (χ3n) is 4.78. The predicted molar refractivity (Wildman–Crippen MR) is 116 cm³/mol. The second-order valence-electron chi connectivity index (χ2n) is 7.96. The number of carbonyl (C=O) groups is 2. The van der Waals surface area contributed by atoms with Gasteiger partial charge in [0.1, 0.15) is 11.4 Å². The number of hydrogen-bond acceptors (Lipinski definition) is 4. The van der Waals surface area contributed by atoms with E-state index in [-0.39, 0.29) is 24.0 Å². The molecule has 1 heterocycles. The fraction of sp³-hybridized carbons (Fsp3) is 0.333. The maximum Gasteiger partial charge on any atom is 0.278 e. The molecule has 0 spiro atoms. The van der Waals surface area contributed by atoms with Gasteiger partial charge in [-0.15, -0.1) is 0 Å². The van der Waals surface area contributed by atoms with E-state index in [0.29, 0.717) is 11.3 Å². The molecule has 29 heavy (non-hydrogen) atoms. The first kappa shape index (κ1) is 20.6. The number of amides is 2. The molecule has 0 radical (unpaired) electrons. The van der Waals surface area contributed by atoms with Crippen LogP contribution in [0.1, 0.15) is 44.4 Å². The maximum atomic E-state index is 13.2. The van der Waals surface area contributed by atoms with E-state index < -0.39 is 0 Å². The smallest absolute Gasteiger partial charge is 0.278 e. The third-order valence-corrected chi connectivity index (χ3v) is 4.78. The van der Waals surface area contributed by atoms with E-state index in [4.69, 9.17) is 4.74 Å². The number of hydrogen-bond donors (Lipinski definition) is 1. The summed E-state index contributed by atoms with van der Waals surface area (Å²) in [5.41, 5.74) is 4.31. The molecule has 0 fully saturated rings. The van der Waals surface area contributed by atoms with Gasteiger partial charge in [-0.2, -0.15) is 0 Å². The van der Waals surface area contributed by atoms with Crippen LogP contribution in [0.4, 0.5) is 5.69 Å². The van der Waals surface area contributed by atoms with Crippen molar-refractivity contribution in [3.63, 3.8) is 0 Å². The third kappa shape index (κ3) is 4.19. The average molecular weight is 392 g/mol. The molecular formula is C24H28N2O3. The van der Waals surface area contributed by atoms with Crippen molar-refractivity contribution in [2.24, 2.45) is 0 Å². The number of imide groups is 1. The van der Waals surface area contributed by atoms with Gasteiger partial charge in [0.05, 0.1) is 11.7 Å². The van der Waals surface area contributed by atoms with Crippen LogP contribution in [0.15, 0.2) is 48.2 Å². The zero-order valence-corrected chi connectivity index (χ0v) is 17.9. The molecule has 152 valence electrons. The molecule has 2 amide bonds. The van der Waals surface area contributed by atoms with Crippen LogP contribution < -0.4 is 10.1 Å². The van der Waals surface area contributed by atoms with Crippen molar-refractivity contribution in [2.75, 3.05) is 5.32 Å². The minimum atomic E-state index is -0.303. The van der Waals surface area contributed by atoms with Gasteiger partial charge in [-0.05, 0) is 76.9 Å². The normalized spacial score (nSPS) is 14.4. The van der Waals surface area contributed by atoms with Gasteiger partial charge in [0, 0.05) is 11.7 Å². The first-order valence-electron chi connectivity index (χ1n) is 9.92. The fourth-order valence-corrected chi connectivity index (χ4v) is 3.51. The Kier molecular flexibility index (Phi) is 5.78. The molecule has 1 aliphatic rings. The van der Waals surface area contributed by atoms with Crippen molar-refractivity contribution < 1.29 is 14.3 Å². The molecule has 5 heteroatoms. The molecule has 0 bridgehead atoms. The van der Waals surface area contributed by atoms with Crippen LogP contribution in [-0.4, -0.2) is 28.9 Å². The standard InChI is InChI=1S/C24H28N2O3/c1-14(2)26-23(27)21(20-12-7-16(5)13-17(20)6)22(24(26)28)25-18-8-10-19(11-9-18)29-15(3)4/h7-15,25H,1-6H3. The van der Waals surface area contributed by atoms with Gasteiger partial charge in [-0.25, -0.2) is 0 Å². The van der Waals surface area contributed by atoms with E-state index in [2.05, 4.69) is 5.32 Å². The lowest BCUT2D eigenvalue weighted by Crippen LogP contribution is -2.38. The van der Waals surface area contributed by atoms with Crippen molar-refractivity contribution in [3.05, 3.63) is 64.9 Å². The highest BCUT2D eigenvalue weighted by Gasteiger charge is 2.41. The lowest BCUT2D eigenvalue weighted by molar-refractivity contribution is -0.138. The van der Waals surface area contributed by atoms with Crippen LogP contribution in [0.5, 0.6) is 5.75 Å². The molecule has 1 aliphatic heterocycles. The molecule has 1 N–H and O–H groups in total. The molecule has 0 saturated heterocycles. The number of ether oxygens (including phenoxy) is 1. The van der Waals surface area contributed by atoms with E-state index >= 15 is 0 Å². The number of aryl methyl sites for hydroxylation is 2. The Morgan fingerprint density at radius 1 is 0.897 bits per heavy atom. The second kappa shape index (κ2) is 8.11. The summed E-state index contributed by atoms with van der Waals surface area (Å²) in [6.07, 6.45) is 0.0845. The van der Waals surface area contributed by atoms with E-state index in [1.54, 1.807) is 0 Å². The number of rotatable bonds is 6. The van der Waals surface area contributed by atoms with Gasteiger partial charge in [0.15, 0.2) is 0 Å². The second-order valence-corrected chi connectivity index (χ2v) is 7.96. The van der Waals surface area contributed by atoms with Crippen LogP contribution >= 0.6 is 0 Å². The number of benzene rings is 2. The van der Waals surface area contributed by atoms with Crippen molar-refractivity contribution in [2.45, 2.75) is 53.7 Å². The summed E-state index contributed by atoms with van der Waals surface area (Å²) in [6.45, 7) is 11.6. The van der Waals surface area contributed by atoms with Crippen LogP contribution in [0, 0.1) is 13.8 Å². The van der Waals surface area contributed by atoms with Crippen LogP contribution in [0.2, 0.25) is 0 Å². The minimum Gasteiger partial charge on any atom is -0.491 e. The summed E-state index contributed by atoms with van der Waals surface area (Å²) in [7, 11) is 0. The monoisotopic (exact) mass is 392 g/mol. The van der Waals surface area contributed by atoms with E-state index in [1.165, 1.54) is 4.90 Å². The van der Waals surface area contributed by atoms with Crippen LogP contribution in [0.3, 0.4) is 0 Å². The molecule has 0 atom stereocenters. The Labute approximate surface area is 172 Å². The zero-order chi connectivity index (χ0) is 21.3. The van der Waals surface area contributed by atoms with E-state index in [1.807, 2.05) is 84.0 Å². The summed E-state index contributed by atoms with van der Waals surface area (Å²) >= 11 is 0. The highest BCUT2D eigenvalue weighted by atomic mass is 16.5. The number of nitrogens with zero attached hydrogens (tertiary/aromatic N) is 1. The molecule has 0 aliphatic carbocycles. The van der Waals surface area contributed by atoms with Gasteiger partial charge in [-0.3, -0.25) is 14.5 Å². The predicted octanol–water partition coefficient (Wildman–Crippen LogP) is 4.69. The lowest BCUT2D eigenvalue weighted by Gasteiger charge is -2.19. The fourth-order valence-electron chi connectivity index (χ4n) is 3.51. The van der Waals surface area contributed by atoms with Crippen LogP contribution in [0.25, 0.3) is 5.57 Å². The highest BCUT2D eigenvalue weighted by molar-refractivity contribution is 6.36. The summed E-state index contributed by atoms with van der Waals surface area (Å²) in [5, 5.41) is 3.19. The highest BCUT2D eigenvalue weighted by Crippen LogP contribution is 2.33. The minimum absolute atomic E-state index is 0.0845. The Hall–Kier alpha value is -3.08. The number of nitrogens with one attached hydrogen (secondary N) is 1. The van der Waals surface area contributed by atoms with Crippen molar-refractivity contribution in [3.8, 4) is 5.75 Å². The number of carbonyl (C=O) groups excluding carboxylic acids is 2. The first-order chi connectivity index (χ1) is 13.7. The van der Waals surface area contributed by atoms with Crippen molar-refractivity contribution in [1.82, 2.24) is 4.90 Å². The maximum absolute atomic E-state index is 13.2. The zero-order valence-electron chi connectivity index (χ0n) is 17.9. The van der Waals surface area contributed by atoms with Crippen LogP contribution in [-0.2, 0) is 9.59 Å². The molecule has 0 unspecified atom stereocenters. The Balaban J connectivity index is 2.03. The Morgan fingerprint density at radius 2 is 1.55 bits per heavy atom. The van der Waals surface area contributed by atoms with Gasteiger partial charge >= 0.3 is 0 Å². The average Bonchev–Trinajstić information content (AvgIpc) is 2.87. The van der Waals surface area contributed by atoms with Gasteiger partial charge in [-0.1, -0.05) is 23.8 Å². The quantitative estimate of drug-likeness (QED) is 0.725. The van der Waals surface area contributed by atoms with E-state index in [0.717, 1.165) is 28.1 Å². The Bertz CT molecular complexity index is 972. The SMILES string of the molecule is Cc1ccc(C2=C(Nc3ccc(OC(C)C)cc3)C(=O)N(C(C)C)C2=O)c(C)c1. The van der Waals surface area contributed by atoms with Gasteiger partial charge < -0.3 is 10.1 Å². The summed E-state index contributed by atoms with van der Waals surface area (Å²) in [6, 6.07) is 13.1. The van der Waals surface area contributed by atoms with Crippen molar-refractivity contribution >= 4 is 23.1 Å².